The minimum atomic E-state index is -0.560. The van der Waals surface area contributed by atoms with Crippen molar-refractivity contribution in [3.05, 3.63) is 58.9 Å². The Bertz CT molecular complexity index is 1260. The highest BCUT2D eigenvalue weighted by molar-refractivity contribution is 5.97. The first-order chi connectivity index (χ1) is 20.3. The third kappa shape index (κ3) is 8.55. The Hall–Kier alpha value is -3.01. The Morgan fingerprint density at radius 3 is 2.49 bits per heavy atom. The average Bonchev–Trinajstić information content (AvgIpc) is 3.22. The molecule has 0 radical (unpaired) electrons. The Morgan fingerprint density at radius 1 is 1.12 bits per heavy atom. The summed E-state index contributed by atoms with van der Waals surface area (Å²) in [4.78, 5) is 40.2. The molecule has 2 amide bonds. The molecule has 0 unspecified atom stereocenters. The van der Waals surface area contributed by atoms with Gasteiger partial charge in [-0.25, -0.2) is 4.79 Å². The molecule has 2 aliphatic heterocycles. The van der Waals surface area contributed by atoms with Gasteiger partial charge in [0.05, 0.1) is 24.5 Å². The molecular formula is C34H51N5O4. The molecule has 4 rings (SSSR count). The number of piperazine rings is 1. The first-order valence-electron chi connectivity index (χ1n) is 15.6. The van der Waals surface area contributed by atoms with Crippen LogP contribution in [0.5, 0.6) is 0 Å². The summed E-state index contributed by atoms with van der Waals surface area (Å²) in [6.45, 7) is 19.7. The van der Waals surface area contributed by atoms with Gasteiger partial charge in [-0.2, -0.15) is 0 Å². The van der Waals surface area contributed by atoms with Gasteiger partial charge in [0.1, 0.15) is 5.60 Å². The van der Waals surface area contributed by atoms with E-state index in [-0.39, 0.29) is 30.0 Å². The van der Waals surface area contributed by atoms with E-state index in [1.165, 1.54) is 11.1 Å². The van der Waals surface area contributed by atoms with Crippen molar-refractivity contribution in [2.75, 3.05) is 71.0 Å². The molecule has 1 fully saturated rings. The van der Waals surface area contributed by atoms with E-state index < -0.39 is 5.60 Å². The van der Waals surface area contributed by atoms with E-state index in [4.69, 9.17) is 14.5 Å². The number of pyridine rings is 1. The van der Waals surface area contributed by atoms with Gasteiger partial charge >= 0.3 is 6.09 Å². The van der Waals surface area contributed by atoms with Crippen LogP contribution in [0.2, 0.25) is 0 Å². The van der Waals surface area contributed by atoms with Crippen LogP contribution in [0.25, 0.3) is 0 Å². The fourth-order valence-electron chi connectivity index (χ4n) is 5.96. The zero-order valence-electron chi connectivity index (χ0n) is 27.5. The highest BCUT2D eigenvalue weighted by atomic mass is 16.6. The van der Waals surface area contributed by atoms with E-state index in [1.54, 1.807) is 12.0 Å². The fraction of sp³-hybridized carbons (Fsp3) is 0.618. The zero-order chi connectivity index (χ0) is 31.4. The third-order valence-electron chi connectivity index (χ3n) is 8.36. The number of hydrogen-bond acceptors (Lipinski definition) is 7. The van der Waals surface area contributed by atoms with Gasteiger partial charge in [0.15, 0.2) is 0 Å². The van der Waals surface area contributed by atoms with Crippen LogP contribution >= 0.6 is 0 Å². The van der Waals surface area contributed by atoms with Gasteiger partial charge in [-0.05, 0) is 57.9 Å². The van der Waals surface area contributed by atoms with E-state index in [2.05, 4.69) is 67.8 Å². The molecule has 2 aliphatic rings. The van der Waals surface area contributed by atoms with Gasteiger partial charge in [0, 0.05) is 64.0 Å². The summed E-state index contributed by atoms with van der Waals surface area (Å²) in [6, 6.07) is 10.7. The minimum Gasteiger partial charge on any atom is -0.444 e. The van der Waals surface area contributed by atoms with Crippen LogP contribution < -0.4 is 4.90 Å². The summed E-state index contributed by atoms with van der Waals surface area (Å²) in [7, 11) is 1.71. The molecule has 3 heterocycles. The number of anilines is 1. The summed E-state index contributed by atoms with van der Waals surface area (Å²) in [6.07, 6.45) is 2.43. The number of aromatic nitrogens is 1. The first-order valence-corrected chi connectivity index (χ1v) is 15.6. The van der Waals surface area contributed by atoms with Crippen molar-refractivity contribution >= 4 is 17.7 Å². The van der Waals surface area contributed by atoms with E-state index in [0.29, 0.717) is 32.8 Å². The second kappa shape index (κ2) is 13.7. The van der Waals surface area contributed by atoms with E-state index >= 15 is 0 Å². The van der Waals surface area contributed by atoms with Crippen LogP contribution in [0.15, 0.2) is 36.5 Å². The number of hydrogen-bond donors (Lipinski definition) is 0. The van der Waals surface area contributed by atoms with Crippen molar-refractivity contribution in [1.29, 1.82) is 0 Å². The molecule has 1 aromatic heterocycles. The standard InChI is InChI=1S/C34H51N5O4/c1-9-36(16-17-42-8)21-28-22-38(32(41)43-33(3,4)5)15-14-37(28)23-30(40)39-24-34(6,7)31-29(39)19-27(20-35-31)18-26-12-10-25(2)11-13-26/h10-13,19-20,28H,9,14-18,21-24H2,1-8H3/t28-/m0/s1. The molecule has 236 valence electrons. The number of carbonyl (C=O) groups excluding carboxylic acids is 2. The van der Waals surface area contributed by atoms with Crippen molar-refractivity contribution in [3.8, 4) is 0 Å². The van der Waals surface area contributed by atoms with Crippen molar-refractivity contribution in [2.24, 2.45) is 0 Å². The number of aryl methyl sites for hydroxylation is 1. The summed E-state index contributed by atoms with van der Waals surface area (Å²) in [5.41, 5.74) is 4.65. The van der Waals surface area contributed by atoms with Gasteiger partial charge in [-0.1, -0.05) is 50.6 Å². The second-order valence-corrected chi connectivity index (χ2v) is 13.7. The minimum absolute atomic E-state index is 0.0110. The lowest BCUT2D eigenvalue weighted by atomic mass is 9.91. The highest BCUT2D eigenvalue weighted by Crippen LogP contribution is 2.40. The van der Waals surface area contributed by atoms with Crippen LogP contribution in [0.3, 0.4) is 0 Å². The molecule has 0 aliphatic carbocycles. The highest BCUT2D eigenvalue weighted by Gasteiger charge is 2.41. The van der Waals surface area contributed by atoms with Gasteiger partial charge in [0.2, 0.25) is 5.91 Å². The molecule has 1 saturated heterocycles. The van der Waals surface area contributed by atoms with Crippen molar-refractivity contribution in [1.82, 2.24) is 19.7 Å². The van der Waals surface area contributed by atoms with Crippen molar-refractivity contribution in [3.63, 3.8) is 0 Å². The lowest BCUT2D eigenvalue weighted by molar-refractivity contribution is -0.121. The SMILES string of the molecule is CCN(CCOC)C[C@H]1CN(C(=O)OC(C)(C)C)CCN1CC(=O)N1CC(C)(C)c2ncc(Cc3ccc(C)cc3)cc21. The normalized spacial score (nSPS) is 18.7. The van der Waals surface area contributed by atoms with Crippen LogP contribution in [0, 0.1) is 6.92 Å². The Morgan fingerprint density at radius 2 is 1.84 bits per heavy atom. The van der Waals surface area contributed by atoms with Gasteiger partial charge in [0.25, 0.3) is 0 Å². The lowest BCUT2D eigenvalue weighted by Gasteiger charge is -2.43. The topological polar surface area (TPSA) is 78.5 Å². The van der Waals surface area contributed by atoms with Crippen molar-refractivity contribution < 1.29 is 19.1 Å². The number of fused-ring (bicyclic) bond motifs is 1. The molecule has 1 aromatic carbocycles. The lowest BCUT2D eigenvalue weighted by Crippen LogP contribution is -2.60. The predicted molar refractivity (Wildman–Crippen MR) is 171 cm³/mol. The number of amides is 2. The van der Waals surface area contributed by atoms with Crippen LogP contribution in [-0.4, -0.2) is 109 Å². The Kier molecular flexibility index (Phi) is 10.5. The first kappa shape index (κ1) is 32.9. The summed E-state index contributed by atoms with van der Waals surface area (Å²) >= 11 is 0. The quantitative estimate of drug-likeness (QED) is 0.402. The van der Waals surface area contributed by atoms with E-state index in [9.17, 15) is 9.59 Å². The monoisotopic (exact) mass is 593 g/mol. The molecule has 0 spiro atoms. The number of methoxy groups -OCH3 is 1. The number of ether oxygens (including phenoxy) is 2. The Balaban J connectivity index is 1.52. The molecule has 9 nitrogen and oxygen atoms in total. The fourth-order valence-corrected chi connectivity index (χ4v) is 5.96. The maximum absolute atomic E-state index is 14.1. The third-order valence-corrected chi connectivity index (χ3v) is 8.36. The molecule has 2 aromatic rings. The largest absolute Gasteiger partial charge is 0.444 e. The average molecular weight is 594 g/mol. The second-order valence-electron chi connectivity index (χ2n) is 13.7. The molecule has 43 heavy (non-hydrogen) atoms. The summed E-state index contributed by atoms with van der Waals surface area (Å²) in [5.74, 6) is 0.0665. The number of rotatable bonds is 10. The molecule has 0 N–H and O–H groups in total. The maximum atomic E-state index is 14.1. The zero-order valence-corrected chi connectivity index (χ0v) is 27.5. The summed E-state index contributed by atoms with van der Waals surface area (Å²) < 4.78 is 11.0. The summed E-state index contributed by atoms with van der Waals surface area (Å²) in [5, 5.41) is 0. The van der Waals surface area contributed by atoms with Crippen LogP contribution in [0.1, 0.15) is 63.9 Å². The molecule has 0 bridgehead atoms. The van der Waals surface area contributed by atoms with Gasteiger partial charge in [-0.15, -0.1) is 0 Å². The Labute approximate surface area is 258 Å². The number of benzene rings is 1. The van der Waals surface area contributed by atoms with Gasteiger partial charge in [-0.3, -0.25) is 19.6 Å². The smallest absolute Gasteiger partial charge is 0.410 e. The predicted octanol–water partition coefficient (Wildman–Crippen LogP) is 4.49. The van der Waals surface area contributed by atoms with E-state index in [0.717, 1.165) is 43.0 Å². The molecular weight excluding hydrogens is 542 g/mol. The molecule has 0 saturated carbocycles. The van der Waals surface area contributed by atoms with Crippen molar-refractivity contribution in [2.45, 2.75) is 71.9 Å². The van der Waals surface area contributed by atoms with Gasteiger partial charge < -0.3 is 19.3 Å². The number of carbonyl (C=O) groups is 2. The molecule has 9 heteroatoms. The number of likely N-dealkylation sites (N-methyl/N-ethyl adjacent to an activating group) is 1. The number of nitrogens with zero attached hydrogens (tertiary/aromatic N) is 5. The van der Waals surface area contributed by atoms with E-state index in [1.807, 2.05) is 31.9 Å². The maximum Gasteiger partial charge on any atom is 0.410 e. The van der Waals surface area contributed by atoms with Crippen LogP contribution in [-0.2, 0) is 26.1 Å². The molecule has 1 atom stereocenters. The van der Waals surface area contributed by atoms with Crippen LogP contribution in [0.4, 0.5) is 10.5 Å².